The van der Waals surface area contributed by atoms with Gasteiger partial charge in [-0.1, -0.05) is 31.9 Å². The van der Waals surface area contributed by atoms with Crippen LogP contribution in [-0.4, -0.2) is 11.7 Å². The summed E-state index contributed by atoms with van der Waals surface area (Å²) in [6.07, 6.45) is 5.14. The standard InChI is InChI=1S/C14H20FNO/c1-14(7-2-3-8-14)10-16-9-11-5-4-6-12(15)13(11)17/h4-6,16-17H,2-3,7-10H2,1H3. The van der Waals surface area contributed by atoms with E-state index in [9.17, 15) is 9.50 Å². The fraction of sp³-hybridized carbons (Fsp3) is 0.571. The Balaban J connectivity index is 1.88. The maximum atomic E-state index is 13.1. The molecule has 1 aromatic carbocycles. The van der Waals surface area contributed by atoms with E-state index < -0.39 is 5.82 Å². The van der Waals surface area contributed by atoms with Gasteiger partial charge in [0.05, 0.1) is 0 Å². The molecule has 0 radical (unpaired) electrons. The van der Waals surface area contributed by atoms with Gasteiger partial charge in [-0.25, -0.2) is 4.39 Å². The van der Waals surface area contributed by atoms with Crippen molar-refractivity contribution < 1.29 is 9.50 Å². The lowest BCUT2D eigenvalue weighted by atomic mass is 9.89. The van der Waals surface area contributed by atoms with Gasteiger partial charge < -0.3 is 10.4 Å². The largest absolute Gasteiger partial charge is 0.505 e. The topological polar surface area (TPSA) is 32.3 Å². The van der Waals surface area contributed by atoms with E-state index in [2.05, 4.69) is 12.2 Å². The lowest BCUT2D eigenvalue weighted by Gasteiger charge is -2.23. The minimum Gasteiger partial charge on any atom is -0.505 e. The van der Waals surface area contributed by atoms with Crippen LogP contribution in [0.2, 0.25) is 0 Å². The summed E-state index contributed by atoms with van der Waals surface area (Å²) >= 11 is 0. The highest BCUT2D eigenvalue weighted by Crippen LogP contribution is 2.36. The van der Waals surface area contributed by atoms with Gasteiger partial charge in [-0.15, -0.1) is 0 Å². The summed E-state index contributed by atoms with van der Waals surface area (Å²) in [5.74, 6) is -0.770. The first kappa shape index (κ1) is 12.4. The van der Waals surface area contributed by atoms with Crippen molar-refractivity contribution in [2.45, 2.75) is 39.2 Å². The summed E-state index contributed by atoms with van der Waals surface area (Å²) in [6, 6.07) is 4.66. The molecule has 17 heavy (non-hydrogen) atoms. The molecule has 0 bridgehead atoms. The van der Waals surface area contributed by atoms with Crippen molar-refractivity contribution in [1.29, 1.82) is 0 Å². The minimum absolute atomic E-state index is 0.225. The van der Waals surface area contributed by atoms with Gasteiger partial charge in [-0.05, 0) is 24.3 Å². The molecule has 0 amide bonds. The Morgan fingerprint density at radius 2 is 2.06 bits per heavy atom. The smallest absolute Gasteiger partial charge is 0.165 e. The Morgan fingerprint density at radius 1 is 1.35 bits per heavy atom. The van der Waals surface area contributed by atoms with Crippen LogP contribution < -0.4 is 5.32 Å². The van der Waals surface area contributed by atoms with Gasteiger partial charge in [0.2, 0.25) is 0 Å². The third-order valence-corrected chi connectivity index (χ3v) is 3.75. The second kappa shape index (κ2) is 5.05. The van der Waals surface area contributed by atoms with Crippen LogP contribution in [0.15, 0.2) is 18.2 Å². The number of hydrogen-bond donors (Lipinski definition) is 2. The number of phenolic OH excluding ortho intramolecular Hbond substituents is 1. The molecule has 2 nitrogen and oxygen atoms in total. The molecule has 1 aliphatic rings. The number of benzene rings is 1. The fourth-order valence-electron chi connectivity index (χ4n) is 2.61. The third kappa shape index (κ3) is 2.97. The monoisotopic (exact) mass is 237 g/mol. The van der Waals surface area contributed by atoms with Crippen LogP contribution in [0.4, 0.5) is 4.39 Å². The summed E-state index contributed by atoms with van der Waals surface area (Å²) < 4.78 is 13.1. The van der Waals surface area contributed by atoms with Gasteiger partial charge in [0.25, 0.3) is 0 Å². The van der Waals surface area contributed by atoms with Crippen molar-refractivity contribution >= 4 is 0 Å². The van der Waals surface area contributed by atoms with E-state index in [0.29, 0.717) is 17.5 Å². The van der Waals surface area contributed by atoms with Crippen LogP contribution >= 0.6 is 0 Å². The first-order valence-corrected chi connectivity index (χ1v) is 6.28. The quantitative estimate of drug-likeness (QED) is 0.842. The van der Waals surface area contributed by atoms with Crippen LogP contribution in [0.3, 0.4) is 0 Å². The van der Waals surface area contributed by atoms with Gasteiger partial charge in [0.1, 0.15) is 0 Å². The maximum Gasteiger partial charge on any atom is 0.165 e. The first-order chi connectivity index (χ1) is 8.11. The average molecular weight is 237 g/mol. The molecule has 2 N–H and O–H groups in total. The molecule has 94 valence electrons. The second-order valence-corrected chi connectivity index (χ2v) is 5.37. The first-order valence-electron chi connectivity index (χ1n) is 6.28. The second-order valence-electron chi connectivity index (χ2n) is 5.37. The lowest BCUT2D eigenvalue weighted by Crippen LogP contribution is -2.29. The summed E-state index contributed by atoms with van der Waals surface area (Å²) in [4.78, 5) is 0. The van der Waals surface area contributed by atoms with Crippen LogP contribution in [0, 0.1) is 11.2 Å². The number of halogens is 1. The zero-order chi connectivity index (χ0) is 12.3. The van der Waals surface area contributed by atoms with Crippen molar-refractivity contribution in [3.63, 3.8) is 0 Å². The molecule has 0 spiro atoms. The molecular formula is C14H20FNO. The molecule has 0 aromatic heterocycles. The molecular weight excluding hydrogens is 217 g/mol. The number of phenols is 1. The Labute approximate surface area is 102 Å². The van der Waals surface area contributed by atoms with Crippen molar-refractivity contribution in [2.24, 2.45) is 5.41 Å². The number of aromatic hydroxyl groups is 1. The summed E-state index contributed by atoms with van der Waals surface area (Å²) in [7, 11) is 0. The normalized spacial score (nSPS) is 18.5. The van der Waals surface area contributed by atoms with Gasteiger partial charge in [0.15, 0.2) is 11.6 Å². The summed E-state index contributed by atoms with van der Waals surface area (Å²) in [6.45, 7) is 3.75. The molecule has 0 atom stereocenters. The van der Waals surface area contributed by atoms with E-state index in [0.717, 1.165) is 6.54 Å². The molecule has 0 aliphatic heterocycles. The van der Waals surface area contributed by atoms with E-state index in [1.807, 2.05) is 0 Å². The van der Waals surface area contributed by atoms with Crippen LogP contribution in [0.25, 0.3) is 0 Å². The van der Waals surface area contributed by atoms with E-state index in [4.69, 9.17) is 0 Å². The third-order valence-electron chi connectivity index (χ3n) is 3.75. The number of nitrogens with one attached hydrogen (secondary N) is 1. The molecule has 0 heterocycles. The number of hydrogen-bond acceptors (Lipinski definition) is 2. The average Bonchev–Trinajstić information content (AvgIpc) is 2.72. The van der Waals surface area contributed by atoms with Crippen LogP contribution in [0.5, 0.6) is 5.75 Å². The molecule has 1 aliphatic carbocycles. The van der Waals surface area contributed by atoms with Gasteiger partial charge in [0, 0.05) is 18.7 Å². The van der Waals surface area contributed by atoms with Crippen molar-refractivity contribution in [3.05, 3.63) is 29.6 Å². The predicted molar refractivity (Wildman–Crippen MR) is 66.3 cm³/mol. The van der Waals surface area contributed by atoms with Crippen LogP contribution in [0.1, 0.15) is 38.2 Å². The Hall–Kier alpha value is -1.09. The zero-order valence-electron chi connectivity index (χ0n) is 10.3. The Bertz CT molecular complexity index is 386. The Kier molecular flexibility index (Phi) is 3.67. The molecule has 2 rings (SSSR count). The van der Waals surface area contributed by atoms with Gasteiger partial charge in [-0.3, -0.25) is 0 Å². The molecule has 1 fully saturated rings. The van der Waals surface area contributed by atoms with E-state index in [1.54, 1.807) is 12.1 Å². The summed E-state index contributed by atoms with van der Waals surface area (Å²) in [5, 5.41) is 12.9. The molecule has 1 saturated carbocycles. The molecule has 3 heteroatoms. The minimum atomic E-state index is -0.545. The summed E-state index contributed by atoms with van der Waals surface area (Å²) in [5.41, 5.74) is 1.01. The van der Waals surface area contributed by atoms with E-state index in [1.165, 1.54) is 31.7 Å². The molecule has 0 saturated heterocycles. The molecule has 0 unspecified atom stereocenters. The van der Waals surface area contributed by atoms with Gasteiger partial charge >= 0.3 is 0 Å². The fourth-order valence-corrected chi connectivity index (χ4v) is 2.61. The Morgan fingerprint density at radius 3 is 2.76 bits per heavy atom. The lowest BCUT2D eigenvalue weighted by molar-refractivity contribution is 0.313. The molecule has 1 aromatic rings. The predicted octanol–water partition coefficient (Wildman–Crippen LogP) is 3.20. The van der Waals surface area contributed by atoms with Crippen molar-refractivity contribution in [2.75, 3.05) is 6.54 Å². The SMILES string of the molecule is CC1(CNCc2cccc(F)c2O)CCCC1. The highest BCUT2D eigenvalue weighted by Gasteiger charge is 2.27. The van der Waals surface area contributed by atoms with E-state index >= 15 is 0 Å². The number of rotatable bonds is 4. The highest BCUT2D eigenvalue weighted by molar-refractivity contribution is 5.33. The zero-order valence-corrected chi connectivity index (χ0v) is 10.3. The van der Waals surface area contributed by atoms with Crippen molar-refractivity contribution in [1.82, 2.24) is 5.32 Å². The van der Waals surface area contributed by atoms with Gasteiger partial charge in [-0.2, -0.15) is 0 Å². The maximum absolute atomic E-state index is 13.1. The van der Waals surface area contributed by atoms with E-state index in [-0.39, 0.29) is 5.75 Å². The number of para-hydroxylation sites is 1. The highest BCUT2D eigenvalue weighted by atomic mass is 19.1. The van der Waals surface area contributed by atoms with Crippen LogP contribution in [-0.2, 0) is 6.54 Å². The van der Waals surface area contributed by atoms with Crippen molar-refractivity contribution in [3.8, 4) is 5.75 Å².